The van der Waals surface area contributed by atoms with Gasteiger partial charge in [-0.3, -0.25) is 4.79 Å². The molecule has 0 saturated heterocycles. The topological polar surface area (TPSA) is 68.3 Å². The predicted octanol–water partition coefficient (Wildman–Crippen LogP) is 9.49. The van der Waals surface area contributed by atoms with Crippen LogP contribution in [-0.2, 0) is 4.79 Å². The van der Waals surface area contributed by atoms with E-state index in [2.05, 4.69) is 24.1 Å². The molecule has 0 spiro atoms. The van der Waals surface area contributed by atoms with Gasteiger partial charge in [-0.05, 0) is 78.2 Å². The molecule has 186 valence electrons. The lowest BCUT2D eigenvalue weighted by Gasteiger charge is -2.06. The van der Waals surface area contributed by atoms with Gasteiger partial charge in [0.1, 0.15) is 17.0 Å². The first-order valence-electron chi connectivity index (χ1n) is 11.5. The second-order valence-electron chi connectivity index (χ2n) is 8.74. The van der Waals surface area contributed by atoms with Crippen molar-refractivity contribution in [2.45, 2.75) is 19.8 Å². The number of hydrogen-bond donors (Lipinski definition) is 1. The third-order valence-electron chi connectivity index (χ3n) is 5.77. The molecular weight excluding hydrogens is 531 g/mol. The minimum atomic E-state index is -0.374. The molecule has 37 heavy (non-hydrogen) atoms. The van der Waals surface area contributed by atoms with Gasteiger partial charge in [0.05, 0.1) is 15.7 Å². The number of benzene rings is 3. The van der Waals surface area contributed by atoms with E-state index in [1.807, 2.05) is 18.2 Å². The lowest BCUT2D eigenvalue weighted by molar-refractivity contribution is -0.111. The number of anilines is 1. The number of aromatic nitrogens is 1. The molecule has 0 radical (unpaired) electrons. The van der Waals surface area contributed by atoms with Crippen LogP contribution in [0.1, 0.15) is 31.1 Å². The minimum absolute atomic E-state index is 0.374. The van der Waals surface area contributed by atoms with Crippen LogP contribution in [0.25, 0.3) is 40.0 Å². The third-order valence-corrected chi connectivity index (χ3v) is 6.65. The van der Waals surface area contributed by atoms with E-state index in [9.17, 15) is 4.79 Å². The number of carbonyl (C=O) groups excluding carboxylic acids is 1. The SMILES string of the molecule is CC(C)c1ccc2oc(-c3ccc(Cl)c(NC(=O)/C=C/c4ccc(-c5ccc(Cl)cc5Cl)o4)c3)nc2c1. The molecule has 0 aliphatic carbocycles. The second-order valence-corrected chi connectivity index (χ2v) is 10.00. The number of amides is 1. The molecule has 5 nitrogen and oxygen atoms in total. The Bertz CT molecular complexity index is 1650. The van der Waals surface area contributed by atoms with E-state index in [0.29, 0.717) is 60.8 Å². The van der Waals surface area contributed by atoms with Crippen molar-refractivity contribution >= 4 is 63.6 Å². The van der Waals surface area contributed by atoms with Crippen LogP contribution < -0.4 is 5.32 Å². The van der Waals surface area contributed by atoms with Gasteiger partial charge >= 0.3 is 0 Å². The van der Waals surface area contributed by atoms with E-state index in [1.54, 1.807) is 54.6 Å². The molecule has 5 aromatic rings. The summed E-state index contributed by atoms with van der Waals surface area (Å²) in [7, 11) is 0. The molecule has 5 rings (SSSR count). The zero-order chi connectivity index (χ0) is 26.1. The fourth-order valence-electron chi connectivity index (χ4n) is 3.79. The Morgan fingerprint density at radius 3 is 2.54 bits per heavy atom. The molecule has 2 aromatic heterocycles. The molecule has 3 aromatic carbocycles. The van der Waals surface area contributed by atoms with E-state index in [4.69, 9.17) is 43.6 Å². The van der Waals surface area contributed by atoms with E-state index < -0.39 is 0 Å². The lowest BCUT2D eigenvalue weighted by Crippen LogP contribution is -2.08. The van der Waals surface area contributed by atoms with Gasteiger partial charge < -0.3 is 14.2 Å². The molecule has 0 saturated carbocycles. The maximum Gasteiger partial charge on any atom is 0.248 e. The van der Waals surface area contributed by atoms with Gasteiger partial charge in [0.15, 0.2) is 5.58 Å². The van der Waals surface area contributed by atoms with Gasteiger partial charge in [0.25, 0.3) is 0 Å². The molecule has 0 atom stereocenters. The van der Waals surface area contributed by atoms with Crippen LogP contribution in [0.3, 0.4) is 0 Å². The maximum atomic E-state index is 12.6. The smallest absolute Gasteiger partial charge is 0.248 e. The number of rotatable bonds is 6. The quantitative estimate of drug-likeness (QED) is 0.213. The van der Waals surface area contributed by atoms with Crippen LogP contribution >= 0.6 is 34.8 Å². The van der Waals surface area contributed by atoms with Gasteiger partial charge in [-0.25, -0.2) is 4.98 Å². The van der Waals surface area contributed by atoms with Crippen molar-refractivity contribution in [2.75, 3.05) is 5.32 Å². The number of fused-ring (bicyclic) bond motifs is 1. The van der Waals surface area contributed by atoms with Crippen molar-refractivity contribution in [1.29, 1.82) is 0 Å². The van der Waals surface area contributed by atoms with Crippen LogP contribution in [0, 0.1) is 0 Å². The second kappa shape index (κ2) is 10.5. The zero-order valence-corrected chi connectivity index (χ0v) is 22.2. The van der Waals surface area contributed by atoms with Gasteiger partial charge in [-0.2, -0.15) is 0 Å². The van der Waals surface area contributed by atoms with Gasteiger partial charge in [0, 0.05) is 22.2 Å². The fourth-order valence-corrected chi connectivity index (χ4v) is 4.46. The Morgan fingerprint density at radius 1 is 0.919 bits per heavy atom. The summed E-state index contributed by atoms with van der Waals surface area (Å²) in [5.41, 5.74) is 4.50. The van der Waals surface area contributed by atoms with Crippen molar-refractivity contribution in [2.24, 2.45) is 0 Å². The largest absolute Gasteiger partial charge is 0.457 e. The Balaban J connectivity index is 1.32. The highest BCUT2D eigenvalue weighted by Crippen LogP contribution is 2.33. The Labute approximate surface area is 228 Å². The molecule has 0 fully saturated rings. The summed E-state index contributed by atoms with van der Waals surface area (Å²) in [6.45, 7) is 4.26. The Hall–Kier alpha value is -3.51. The highest BCUT2D eigenvalue weighted by molar-refractivity contribution is 6.36. The summed E-state index contributed by atoms with van der Waals surface area (Å²) in [6.07, 6.45) is 2.93. The van der Waals surface area contributed by atoms with E-state index >= 15 is 0 Å². The van der Waals surface area contributed by atoms with Gasteiger partial charge in [0.2, 0.25) is 11.8 Å². The number of carbonyl (C=O) groups is 1. The van der Waals surface area contributed by atoms with E-state index in [0.717, 1.165) is 5.52 Å². The number of hydrogen-bond acceptors (Lipinski definition) is 4. The number of nitrogens with one attached hydrogen (secondary N) is 1. The third kappa shape index (κ3) is 5.59. The van der Waals surface area contributed by atoms with Crippen molar-refractivity contribution in [1.82, 2.24) is 4.98 Å². The summed E-state index contributed by atoms with van der Waals surface area (Å²) >= 11 is 18.6. The zero-order valence-electron chi connectivity index (χ0n) is 19.9. The molecule has 1 N–H and O–H groups in total. The number of halogens is 3. The average Bonchev–Trinajstić information content (AvgIpc) is 3.51. The van der Waals surface area contributed by atoms with Crippen LogP contribution in [0.15, 0.2) is 81.6 Å². The molecule has 1 amide bonds. The van der Waals surface area contributed by atoms with E-state index in [-0.39, 0.29) is 5.91 Å². The van der Waals surface area contributed by atoms with Crippen molar-refractivity contribution in [3.8, 4) is 22.8 Å². The van der Waals surface area contributed by atoms with Crippen LogP contribution in [0.5, 0.6) is 0 Å². The summed E-state index contributed by atoms with van der Waals surface area (Å²) in [4.78, 5) is 17.2. The molecule has 0 bridgehead atoms. The van der Waals surface area contributed by atoms with Crippen molar-refractivity contribution < 1.29 is 13.6 Å². The summed E-state index contributed by atoms with van der Waals surface area (Å²) in [5.74, 6) is 1.51. The van der Waals surface area contributed by atoms with Crippen LogP contribution in [-0.4, -0.2) is 10.9 Å². The van der Waals surface area contributed by atoms with Gasteiger partial charge in [-0.1, -0.05) is 54.7 Å². The number of nitrogens with zero attached hydrogens (tertiary/aromatic N) is 1. The first-order chi connectivity index (χ1) is 17.8. The molecule has 0 unspecified atom stereocenters. The highest BCUT2D eigenvalue weighted by atomic mass is 35.5. The van der Waals surface area contributed by atoms with Crippen LogP contribution in [0.2, 0.25) is 15.1 Å². The average molecular weight is 552 g/mol. The number of oxazole rings is 1. The first-order valence-corrected chi connectivity index (χ1v) is 12.6. The molecule has 0 aliphatic heterocycles. The highest BCUT2D eigenvalue weighted by Gasteiger charge is 2.13. The summed E-state index contributed by atoms with van der Waals surface area (Å²) in [5, 5.41) is 4.20. The normalized spacial score (nSPS) is 11.6. The molecule has 8 heteroatoms. The molecule has 2 heterocycles. The minimum Gasteiger partial charge on any atom is -0.457 e. The van der Waals surface area contributed by atoms with E-state index in [1.165, 1.54) is 11.6 Å². The Kier molecular flexibility index (Phi) is 7.11. The molecule has 0 aliphatic rings. The Morgan fingerprint density at radius 2 is 1.76 bits per heavy atom. The number of furan rings is 1. The fraction of sp³-hybridized carbons (Fsp3) is 0.103. The maximum absolute atomic E-state index is 12.6. The monoisotopic (exact) mass is 550 g/mol. The van der Waals surface area contributed by atoms with Crippen molar-refractivity contribution in [3.05, 3.63) is 99.2 Å². The van der Waals surface area contributed by atoms with Crippen molar-refractivity contribution in [3.63, 3.8) is 0 Å². The lowest BCUT2D eigenvalue weighted by atomic mass is 10.0. The standard InChI is InChI=1S/C29H21Cl3N2O3/c1-16(2)17-4-10-27-25(13-17)34-29(37-27)18-3-9-22(31)24(14-18)33-28(35)12-7-20-6-11-26(36-20)21-8-5-19(30)15-23(21)32/h3-16H,1-2H3,(H,33,35)/b12-7+. The first kappa shape index (κ1) is 25.2. The summed E-state index contributed by atoms with van der Waals surface area (Å²) in [6, 6.07) is 19.9. The molecular formula is C29H21Cl3N2O3. The van der Waals surface area contributed by atoms with Crippen LogP contribution in [0.4, 0.5) is 5.69 Å². The summed E-state index contributed by atoms with van der Waals surface area (Å²) < 4.78 is 11.7. The predicted molar refractivity (Wildman–Crippen MR) is 150 cm³/mol. The van der Waals surface area contributed by atoms with Gasteiger partial charge in [-0.15, -0.1) is 0 Å².